The van der Waals surface area contributed by atoms with Crippen LogP contribution in [-0.2, 0) is 11.3 Å². The molecule has 1 aromatic rings. The number of H-pyrrole nitrogens is 1. The normalized spacial score (nSPS) is 13.7. The predicted molar refractivity (Wildman–Crippen MR) is 72.0 cm³/mol. The second-order valence-electron chi connectivity index (χ2n) is 5.61. The summed E-state index contributed by atoms with van der Waals surface area (Å²) >= 11 is 0. The van der Waals surface area contributed by atoms with Gasteiger partial charge in [0.15, 0.2) is 0 Å². The smallest absolute Gasteiger partial charge is 0.237 e. The third-order valence-electron chi connectivity index (χ3n) is 2.67. The summed E-state index contributed by atoms with van der Waals surface area (Å²) in [5, 5.41) is 3.02. The molecule has 1 aromatic heterocycles. The Bertz CT molecular complexity index is 367. The summed E-state index contributed by atoms with van der Waals surface area (Å²) in [6, 6.07) is -0.130. The lowest BCUT2D eigenvalue weighted by molar-refractivity contribution is -0.127. The van der Waals surface area contributed by atoms with Crippen molar-refractivity contribution < 1.29 is 4.79 Å². The summed E-state index contributed by atoms with van der Waals surface area (Å²) in [7, 11) is 1.94. The van der Waals surface area contributed by atoms with Gasteiger partial charge in [-0.15, -0.1) is 0 Å². The van der Waals surface area contributed by atoms with Gasteiger partial charge < -0.3 is 10.3 Å². The fraction of sp³-hybridized carbons (Fsp3) is 0.692. The van der Waals surface area contributed by atoms with Gasteiger partial charge in [-0.2, -0.15) is 0 Å². The van der Waals surface area contributed by atoms with Crippen molar-refractivity contribution in [3.05, 3.63) is 18.2 Å². The minimum absolute atomic E-state index is 0.0686. The van der Waals surface area contributed by atoms with Crippen molar-refractivity contribution in [2.75, 3.05) is 7.05 Å². The maximum atomic E-state index is 12.2. The molecule has 0 unspecified atom stereocenters. The Morgan fingerprint density at radius 2 is 2.22 bits per heavy atom. The fourth-order valence-corrected chi connectivity index (χ4v) is 1.88. The number of nitrogens with zero attached hydrogens (tertiary/aromatic N) is 2. The van der Waals surface area contributed by atoms with Crippen LogP contribution in [0, 0.1) is 0 Å². The molecule has 18 heavy (non-hydrogen) atoms. The lowest BCUT2D eigenvalue weighted by atomic mass is 10.1. The third-order valence-corrected chi connectivity index (χ3v) is 2.67. The molecule has 1 atom stereocenters. The van der Waals surface area contributed by atoms with E-state index in [1.54, 1.807) is 12.4 Å². The van der Waals surface area contributed by atoms with E-state index in [0.29, 0.717) is 6.54 Å². The molecule has 0 radical (unpaired) electrons. The third kappa shape index (κ3) is 4.49. The largest absolute Gasteiger partial charge is 0.350 e. The highest BCUT2D eigenvalue weighted by atomic mass is 16.2. The Hall–Kier alpha value is -1.36. The van der Waals surface area contributed by atoms with Gasteiger partial charge in [0.25, 0.3) is 0 Å². The average Bonchev–Trinajstić information content (AvgIpc) is 2.68. The number of rotatable bonds is 5. The molecule has 1 rings (SSSR count). The molecule has 2 N–H and O–H groups in total. The number of carbonyl (C=O) groups excluding carboxylic acids is 1. The van der Waals surface area contributed by atoms with Gasteiger partial charge in [0, 0.05) is 17.9 Å². The lowest BCUT2D eigenvalue weighted by Gasteiger charge is -2.29. The van der Waals surface area contributed by atoms with Crippen molar-refractivity contribution >= 4 is 5.91 Å². The van der Waals surface area contributed by atoms with Gasteiger partial charge in [-0.1, -0.05) is 6.92 Å². The second-order valence-corrected chi connectivity index (χ2v) is 5.61. The van der Waals surface area contributed by atoms with Crippen molar-refractivity contribution in [3.63, 3.8) is 0 Å². The monoisotopic (exact) mass is 252 g/mol. The minimum atomic E-state index is -0.198. The molecule has 0 aliphatic rings. The van der Waals surface area contributed by atoms with Crippen LogP contribution in [0.15, 0.2) is 12.4 Å². The highest BCUT2D eigenvalue weighted by molar-refractivity contribution is 5.82. The summed E-state index contributed by atoms with van der Waals surface area (Å²) in [5.74, 6) is 0.943. The Morgan fingerprint density at radius 1 is 1.56 bits per heavy atom. The van der Waals surface area contributed by atoms with E-state index >= 15 is 0 Å². The van der Waals surface area contributed by atoms with Gasteiger partial charge in [-0.25, -0.2) is 4.98 Å². The van der Waals surface area contributed by atoms with E-state index in [1.807, 2.05) is 39.6 Å². The van der Waals surface area contributed by atoms with Gasteiger partial charge in [0.1, 0.15) is 5.82 Å². The second kappa shape index (κ2) is 6.00. The van der Waals surface area contributed by atoms with Crippen LogP contribution >= 0.6 is 0 Å². The molecular formula is C13H24N4O. The van der Waals surface area contributed by atoms with Crippen LogP contribution < -0.4 is 5.32 Å². The van der Waals surface area contributed by atoms with Gasteiger partial charge in [-0.05, 0) is 34.2 Å². The maximum Gasteiger partial charge on any atom is 0.237 e. The number of aromatic amines is 1. The molecule has 102 valence electrons. The Morgan fingerprint density at radius 3 is 2.67 bits per heavy atom. The summed E-state index contributed by atoms with van der Waals surface area (Å²) in [6.07, 6.45) is 4.29. The number of nitrogens with one attached hydrogen (secondary N) is 2. The molecule has 0 aliphatic carbocycles. The Balaban J connectivity index is 2.62. The van der Waals surface area contributed by atoms with Crippen molar-refractivity contribution in [2.45, 2.75) is 52.2 Å². The number of hydrogen-bond acceptors (Lipinski definition) is 3. The zero-order chi connectivity index (χ0) is 13.8. The first-order chi connectivity index (χ1) is 8.33. The molecule has 5 nitrogen and oxygen atoms in total. The van der Waals surface area contributed by atoms with Crippen LogP contribution in [0.25, 0.3) is 0 Å². The molecule has 0 bridgehead atoms. The Kier molecular flexibility index (Phi) is 4.90. The summed E-state index contributed by atoms with van der Waals surface area (Å²) < 4.78 is 0. The van der Waals surface area contributed by atoms with E-state index in [-0.39, 0.29) is 17.5 Å². The molecule has 0 aromatic carbocycles. The van der Waals surface area contributed by atoms with Gasteiger partial charge in [0.2, 0.25) is 5.91 Å². The highest BCUT2D eigenvalue weighted by Gasteiger charge is 2.25. The van der Waals surface area contributed by atoms with Crippen LogP contribution in [0.3, 0.4) is 0 Å². The zero-order valence-corrected chi connectivity index (χ0v) is 11.9. The lowest BCUT2D eigenvalue weighted by Crippen LogP contribution is -2.50. The molecule has 5 heteroatoms. The van der Waals surface area contributed by atoms with Gasteiger partial charge >= 0.3 is 0 Å². The topological polar surface area (TPSA) is 61.0 Å². The predicted octanol–water partition coefficient (Wildman–Crippen LogP) is 1.53. The summed E-state index contributed by atoms with van der Waals surface area (Å²) in [6.45, 7) is 8.63. The van der Waals surface area contributed by atoms with E-state index in [4.69, 9.17) is 0 Å². The molecule has 0 saturated carbocycles. The molecule has 0 fully saturated rings. The SMILES string of the molecule is CC[C@@H](C(=O)NC(C)(C)C)N(C)Cc1ncc[nH]1. The zero-order valence-electron chi connectivity index (χ0n) is 11.9. The number of imidazole rings is 1. The summed E-state index contributed by atoms with van der Waals surface area (Å²) in [5.41, 5.74) is -0.198. The van der Waals surface area contributed by atoms with E-state index in [1.165, 1.54) is 0 Å². The quantitative estimate of drug-likeness (QED) is 0.835. The maximum absolute atomic E-state index is 12.2. The Labute approximate surface area is 109 Å². The first-order valence-corrected chi connectivity index (χ1v) is 6.34. The standard InChI is InChI=1S/C13H24N4O/c1-6-10(12(18)16-13(2,3)4)17(5)9-11-14-7-8-15-11/h7-8,10H,6,9H2,1-5H3,(H,14,15)(H,16,18)/t10-/m0/s1. The van der Waals surface area contributed by atoms with Crippen LogP contribution in [0.4, 0.5) is 0 Å². The van der Waals surface area contributed by atoms with Crippen molar-refractivity contribution in [3.8, 4) is 0 Å². The number of likely N-dealkylation sites (N-methyl/N-ethyl adjacent to an activating group) is 1. The summed E-state index contributed by atoms with van der Waals surface area (Å²) in [4.78, 5) is 21.4. The first kappa shape index (κ1) is 14.7. The van der Waals surface area contributed by atoms with Crippen LogP contribution in [0.2, 0.25) is 0 Å². The number of carbonyl (C=O) groups is 1. The van der Waals surface area contributed by atoms with Crippen LogP contribution in [0.5, 0.6) is 0 Å². The first-order valence-electron chi connectivity index (χ1n) is 6.34. The van der Waals surface area contributed by atoms with E-state index in [0.717, 1.165) is 12.2 Å². The molecule has 1 heterocycles. The van der Waals surface area contributed by atoms with Crippen molar-refractivity contribution in [1.29, 1.82) is 0 Å². The van der Waals surface area contributed by atoms with Gasteiger partial charge in [0.05, 0.1) is 12.6 Å². The van der Waals surface area contributed by atoms with E-state index in [9.17, 15) is 4.79 Å². The molecule has 0 spiro atoms. The molecule has 0 saturated heterocycles. The minimum Gasteiger partial charge on any atom is -0.350 e. The van der Waals surface area contributed by atoms with Crippen LogP contribution in [0.1, 0.15) is 39.9 Å². The molecular weight excluding hydrogens is 228 g/mol. The fourth-order valence-electron chi connectivity index (χ4n) is 1.88. The number of amides is 1. The highest BCUT2D eigenvalue weighted by Crippen LogP contribution is 2.08. The number of aromatic nitrogens is 2. The number of hydrogen-bond donors (Lipinski definition) is 2. The van der Waals surface area contributed by atoms with Crippen LogP contribution in [-0.4, -0.2) is 39.4 Å². The molecule has 1 amide bonds. The van der Waals surface area contributed by atoms with Gasteiger partial charge in [-0.3, -0.25) is 9.69 Å². The average molecular weight is 252 g/mol. The van der Waals surface area contributed by atoms with E-state index in [2.05, 4.69) is 15.3 Å². The van der Waals surface area contributed by atoms with Crippen molar-refractivity contribution in [1.82, 2.24) is 20.2 Å². The molecule has 0 aliphatic heterocycles. The van der Waals surface area contributed by atoms with Crippen molar-refractivity contribution in [2.24, 2.45) is 0 Å². The van der Waals surface area contributed by atoms with E-state index < -0.39 is 0 Å².